The molecule has 0 aliphatic heterocycles. The summed E-state index contributed by atoms with van der Waals surface area (Å²) >= 11 is 0. The van der Waals surface area contributed by atoms with Crippen molar-refractivity contribution in [3.63, 3.8) is 0 Å². The molecule has 1 amide bonds. The maximum atomic E-state index is 12.8. The minimum absolute atomic E-state index is 0.163. The first-order valence-electron chi connectivity index (χ1n) is 22.4. The number of phenols is 1. The molecule has 0 unspecified atom stereocenters. The van der Waals surface area contributed by atoms with E-state index < -0.39 is 93.9 Å². The van der Waals surface area contributed by atoms with E-state index in [2.05, 4.69) is 46.2 Å². The average Bonchev–Trinajstić information content (AvgIpc) is 3.42. The molecule has 400 valence electrons. The molecule has 0 spiro atoms. The number of nitrogens with one attached hydrogen (secondary N) is 1. The van der Waals surface area contributed by atoms with Gasteiger partial charge in [-0.25, -0.2) is 0 Å². The van der Waals surface area contributed by atoms with Crippen LogP contribution in [-0.2, 0) is 40.5 Å². The molecule has 78 heavy (non-hydrogen) atoms. The molecular weight excluding hydrogens is 1090 g/mol. The van der Waals surface area contributed by atoms with Crippen molar-refractivity contribution < 1.29 is 61.8 Å². The van der Waals surface area contributed by atoms with Gasteiger partial charge in [-0.3, -0.25) is 23.0 Å². The molecule has 8 rings (SSSR count). The Labute approximate surface area is 444 Å². The van der Waals surface area contributed by atoms with E-state index >= 15 is 0 Å². The Hall–Kier alpha value is -8.61. The molecule has 8 aromatic carbocycles. The van der Waals surface area contributed by atoms with Crippen LogP contribution in [0.4, 0.5) is 56.9 Å². The summed E-state index contributed by atoms with van der Waals surface area (Å²) in [5, 5.41) is 47.5. The van der Waals surface area contributed by atoms with Crippen LogP contribution in [0.25, 0.3) is 21.5 Å². The number of aromatic hydroxyl groups is 1. The fourth-order valence-corrected chi connectivity index (χ4v) is 10.4. The zero-order valence-electron chi connectivity index (χ0n) is 41.2. The van der Waals surface area contributed by atoms with E-state index in [1.165, 1.54) is 42.5 Å². The summed E-state index contributed by atoms with van der Waals surface area (Å²) in [4.78, 5) is 9.21. The largest absolute Gasteiger partial charge is 0.505 e. The summed E-state index contributed by atoms with van der Waals surface area (Å²) in [7, 11) is -20.2. The number of carbonyl (C=O) groups is 1. The standard InChI is InChI=1S/C50H42N10O14S4/c1-25-14-35(11-13-39(25)54-59-44-24-38-32(21-46(44)77(69,70)71)20-36(75(63,64)65)23-45(38)76(66,67)68)53-55-40-15-27(3)41(16-26(40)2)56-57-42-17-29(5)43(18-28(42)4)58-60-48-47(78(72,73)74)22-31-19-34(10-12-37(31)49(48)61)52-50(62)30-6-8-33(51)9-7-30/h6-24,61H,51H2,1-5H3,(H,52,62)(H,63,64,65)(H,66,67,68)(H,69,70,71)(H,72,73,74). The number of hydrogen-bond donors (Lipinski definition) is 7. The maximum Gasteiger partial charge on any atom is 0.296 e. The van der Waals surface area contributed by atoms with Crippen LogP contribution in [0.3, 0.4) is 0 Å². The Morgan fingerprint density at radius 3 is 1.44 bits per heavy atom. The van der Waals surface area contributed by atoms with Gasteiger partial charge >= 0.3 is 0 Å². The highest BCUT2D eigenvalue weighted by atomic mass is 32.2. The zero-order valence-corrected chi connectivity index (χ0v) is 44.4. The van der Waals surface area contributed by atoms with Crippen LogP contribution in [0.15, 0.2) is 176 Å². The lowest BCUT2D eigenvalue weighted by molar-refractivity contribution is 0.102. The van der Waals surface area contributed by atoms with Crippen molar-refractivity contribution in [1.29, 1.82) is 0 Å². The van der Waals surface area contributed by atoms with Crippen molar-refractivity contribution in [2.24, 2.45) is 40.9 Å². The first-order chi connectivity index (χ1) is 36.4. The molecule has 0 heterocycles. The lowest BCUT2D eigenvalue weighted by Crippen LogP contribution is -2.11. The predicted molar refractivity (Wildman–Crippen MR) is 287 cm³/mol. The van der Waals surface area contributed by atoms with Gasteiger partial charge in [0, 0.05) is 27.7 Å². The van der Waals surface area contributed by atoms with E-state index in [-0.39, 0.29) is 22.1 Å². The zero-order chi connectivity index (χ0) is 56.8. The summed E-state index contributed by atoms with van der Waals surface area (Å²) in [6.45, 7) is 8.67. The number of nitrogens with two attached hydrogens (primary N) is 1. The summed E-state index contributed by atoms with van der Waals surface area (Å²) in [5.41, 5.74) is 11.0. The van der Waals surface area contributed by atoms with Crippen LogP contribution in [0.5, 0.6) is 5.75 Å². The second-order valence-electron chi connectivity index (χ2n) is 17.6. The molecule has 0 aliphatic rings. The van der Waals surface area contributed by atoms with E-state index in [1.54, 1.807) is 77.1 Å². The number of fused-ring (bicyclic) bond motifs is 2. The van der Waals surface area contributed by atoms with E-state index in [4.69, 9.17) is 5.73 Å². The maximum absolute atomic E-state index is 12.8. The molecule has 0 radical (unpaired) electrons. The lowest BCUT2D eigenvalue weighted by atomic mass is 10.1. The Morgan fingerprint density at radius 2 is 0.910 bits per heavy atom. The van der Waals surface area contributed by atoms with Crippen molar-refractivity contribution in [2.75, 3.05) is 11.1 Å². The number of anilines is 2. The number of rotatable bonds is 14. The SMILES string of the molecule is Cc1cc(N=Nc2cc(C)c(N=Nc3c(S(=O)(=O)O)cc4cc(NC(=O)c5ccc(N)cc5)ccc4c3O)cc2C)c(C)cc1N=Nc1ccc(N=Nc2cc3c(S(=O)(=O)O)cc(S(=O)(=O)O)cc3cc2S(=O)(=O)O)c(C)c1. The van der Waals surface area contributed by atoms with Crippen LogP contribution in [0.2, 0.25) is 0 Å². The number of nitrogens with zero attached hydrogens (tertiary/aromatic N) is 8. The lowest BCUT2D eigenvalue weighted by Gasteiger charge is -2.11. The third-order valence-corrected chi connectivity index (χ3v) is 15.3. The number of azo groups is 4. The topological polar surface area (TPSA) is 392 Å². The average molecular weight is 1140 g/mol. The van der Waals surface area contributed by atoms with Crippen molar-refractivity contribution in [1.82, 2.24) is 0 Å². The number of amides is 1. The Kier molecular flexibility index (Phi) is 15.0. The number of carbonyl (C=O) groups excluding carboxylic acids is 1. The number of nitrogen functional groups attached to an aromatic ring is 1. The van der Waals surface area contributed by atoms with Gasteiger partial charge in [0.25, 0.3) is 46.4 Å². The van der Waals surface area contributed by atoms with Gasteiger partial charge in [0.15, 0.2) is 5.75 Å². The summed E-state index contributed by atoms with van der Waals surface area (Å²) in [6.07, 6.45) is 0. The van der Waals surface area contributed by atoms with Crippen LogP contribution >= 0.6 is 0 Å². The van der Waals surface area contributed by atoms with Gasteiger partial charge in [-0.15, -0.1) is 10.2 Å². The van der Waals surface area contributed by atoms with Crippen molar-refractivity contribution >= 4 is 125 Å². The fraction of sp³-hybridized carbons (Fsp3) is 0.100. The molecule has 0 aromatic heterocycles. The van der Waals surface area contributed by atoms with Gasteiger partial charge in [0.1, 0.15) is 26.1 Å². The predicted octanol–water partition coefficient (Wildman–Crippen LogP) is 12.7. The molecular formula is C50H42N10O14S4. The molecule has 0 bridgehead atoms. The van der Waals surface area contributed by atoms with Crippen molar-refractivity contribution in [2.45, 2.75) is 54.2 Å². The van der Waals surface area contributed by atoms with Crippen LogP contribution in [-0.4, -0.2) is 62.9 Å². The molecule has 8 aromatic rings. The second-order valence-corrected chi connectivity index (χ2v) is 23.2. The highest BCUT2D eigenvalue weighted by molar-refractivity contribution is 7.87. The van der Waals surface area contributed by atoms with E-state index in [0.29, 0.717) is 79.6 Å². The summed E-state index contributed by atoms with van der Waals surface area (Å²) in [5.74, 6) is -1.05. The Morgan fingerprint density at radius 1 is 0.436 bits per heavy atom. The minimum Gasteiger partial charge on any atom is -0.505 e. The third kappa shape index (κ3) is 12.3. The van der Waals surface area contributed by atoms with Gasteiger partial charge in [0.05, 0.1) is 39.0 Å². The van der Waals surface area contributed by atoms with Gasteiger partial charge in [-0.1, -0.05) is 0 Å². The quantitative estimate of drug-likeness (QED) is 0.0302. The number of benzene rings is 8. The number of aryl methyl sites for hydroxylation is 5. The smallest absolute Gasteiger partial charge is 0.296 e. The van der Waals surface area contributed by atoms with Gasteiger partial charge in [-0.2, -0.15) is 64.4 Å². The van der Waals surface area contributed by atoms with Crippen LogP contribution in [0, 0.1) is 34.6 Å². The fourth-order valence-electron chi connectivity index (χ4n) is 7.77. The number of hydrogen-bond acceptors (Lipinski definition) is 19. The molecule has 0 atom stereocenters. The first-order valence-corrected chi connectivity index (χ1v) is 28.2. The highest BCUT2D eigenvalue weighted by Crippen LogP contribution is 2.43. The normalized spacial score (nSPS) is 12.8. The van der Waals surface area contributed by atoms with E-state index in [0.717, 1.165) is 18.2 Å². The minimum atomic E-state index is -5.15. The highest BCUT2D eigenvalue weighted by Gasteiger charge is 2.26. The molecule has 0 fully saturated rings. The molecule has 0 aliphatic carbocycles. The van der Waals surface area contributed by atoms with Gasteiger partial charge in [-0.05, 0) is 188 Å². The molecule has 28 heteroatoms. The van der Waals surface area contributed by atoms with Crippen molar-refractivity contribution in [3.05, 3.63) is 149 Å². The molecule has 0 saturated heterocycles. The van der Waals surface area contributed by atoms with E-state index in [9.17, 15) is 61.8 Å². The van der Waals surface area contributed by atoms with Gasteiger partial charge in [0.2, 0.25) is 0 Å². The summed E-state index contributed by atoms with van der Waals surface area (Å²) in [6, 6.07) is 25.9. The molecule has 8 N–H and O–H groups in total. The van der Waals surface area contributed by atoms with Crippen LogP contribution in [0.1, 0.15) is 38.2 Å². The monoisotopic (exact) mass is 1130 g/mol. The van der Waals surface area contributed by atoms with Crippen molar-refractivity contribution in [3.8, 4) is 5.75 Å². The Bertz CT molecular complexity index is 4460. The second kappa shape index (κ2) is 21.1. The van der Waals surface area contributed by atoms with Crippen LogP contribution < -0.4 is 11.1 Å². The van der Waals surface area contributed by atoms with E-state index in [1.807, 2.05) is 0 Å². The molecule has 24 nitrogen and oxygen atoms in total. The Balaban J connectivity index is 0.986. The number of phenolic OH excluding ortho intramolecular Hbond substituents is 1. The first kappa shape index (κ1) is 55.6. The third-order valence-electron chi connectivity index (χ3n) is 11.9. The van der Waals surface area contributed by atoms with Gasteiger partial charge < -0.3 is 16.2 Å². The molecule has 0 saturated carbocycles. The summed E-state index contributed by atoms with van der Waals surface area (Å²) < 4.78 is 138.